The quantitative estimate of drug-likeness (QED) is 0.868. The molecule has 1 fully saturated rings. The Hall–Kier alpha value is -1.06. The molecule has 0 radical (unpaired) electrons. The molecule has 1 saturated carbocycles. The summed E-state index contributed by atoms with van der Waals surface area (Å²) in [7, 11) is 0. The predicted molar refractivity (Wildman–Crippen MR) is 81.7 cm³/mol. The minimum absolute atomic E-state index is 0.136. The van der Waals surface area contributed by atoms with Crippen molar-refractivity contribution < 1.29 is 9.84 Å². The number of hydrogen-bond acceptors (Lipinski definition) is 3. The van der Waals surface area contributed by atoms with Crippen LogP contribution >= 0.6 is 0 Å². The number of aliphatic hydroxyl groups excluding tert-OH is 1. The van der Waals surface area contributed by atoms with E-state index in [1.807, 2.05) is 38.1 Å². The van der Waals surface area contributed by atoms with Crippen molar-refractivity contribution in [3.8, 4) is 5.75 Å². The van der Waals surface area contributed by atoms with E-state index in [2.05, 4.69) is 6.92 Å². The van der Waals surface area contributed by atoms with Crippen molar-refractivity contribution in [3.05, 3.63) is 29.8 Å². The topological polar surface area (TPSA) is 55.5 Å². The second kappa shape index (κ2) is 6.15. The number of nitrogens with two attached hydrogens (primary N) is 1. The van der Waals surface area contributed by atoms with E-state index in [1.165, 1.54) is 0 Å². The van der Waals surface area contributed by atoms with Crippen molar-refractivity contribution in [2.24, 2.45) is 17.1 Å². The normalized spacial score (nSPS) is 27.8. The molecule has 1 aromatic rings. The van der Waals surface area contributed by atoms with Gasteiger partial charge in [-0.1, -0.05) is 25.5 Å². The molecular weight excluding hydrogens is 250 g/mol. The molecule has 0 heterocycles. The largest absolute Gasteiger partial charge is 0.491 e. The zero-order chi connectivity index (χ0) is 14.8. The molecule has 1 aromatic carbocycles. The Balaban J connectivity index is 2.21. The van der Waals surface area contributed by atoms with E-state index in [0.29, 0.717) is 12.5 Å². The molecule has 0 bridgehead atoms. The highest BCUT2D eigenvalue weighted by Gasteiger charge is 2.42. The van der Waals surface area contributed by atoms with Crippen molar-refractivity contribution in [1.82, 2.24) is 0 Å². The molecule has 3 nitrogen and oxygen atoms in total. The fourth-order valence-corrected chi connectivity index (χ4v) is 3.36. The zero-order valence-corrected chi connectivity index (χ0v) is 12.8. The summed E-state index contributed by atoms with van der Waals surface area (Å²) in [6.07, 6.45) is 2.78. The molecule has 2 rings (SSSR count). The Labute approximate surface area is 122 Å². The lowest BCUT2D eigenvalue weighted by atomic mass is 9.77. The first kappa shape index (κ1) is 15.3. The molecule has 0 aromatic heterocycles. The van der Waals surface area contributed by atoms with Gasteiger partial charge in [-0.25, -0.2) is 0 Å². The third kappa shape index (κ3) is 3.15. The summed E-state index contributed by atoms with van der Waals surface area (Å²) in [5.41, 5.74) is 6.75. The van der Waals surface area contributed by atoms with Gasteiger partial charge in [-0.05, 0) is 50.3 Å². The monoisotopic (exact) mass is 277 g/mol. The van der Waals surface area contributed by atoms with Gasteiger partial charge in [0.25, 0.3) is 0 Å². The zero-order valence-electron chi connectivity index (χ0n) is 12.8. The van der Waals surface area contributed by atoms with Gasteiger partial charge in [0.2, 0.25) is 0 Å². The van der Waals surface area contributed by atoms with E-state index in [4.69, 9.17) is 10.5 Å². The van der Waals surface area contributed by atoms with E-state index in [-0.39, 0.29) is 11.5 Å². The first-order valence-electron chi connectivity index (χ1n) is 7.61. The Morgan fingerprint density at radius 1 is 1.45 bits per heavy atom. The first-order valence-corrected chi connectivity index (χ1v) is 7.61. The Kier molecular flexibility index (Phi) is 4.71. The third-order valence-electron chi connectivity index (χ3n) is 4.42. The molecule has 20 heavy (non-hydrogen) atoms. The van der Waals surface area contributed by atoms with Crippen LogP contribution in [0.4, 0.5) is 0 Å². The summed E-state index contributed by atoms with van der Waals surface area (Å²) in [5.74, 6) is 1.46. The standard InChI is InChI=1S/C17H27NO2/c1-12(2)20-15-6-4-5-14(9-15)16(19)17(11-18)8-7-13(3)10-17/h4-6,9,12-13,16,19H,7-8,10-11,18H2,1-3H3. The molecule has 3 atom stereocenters. The Morgan fingerprint density at radius 2 is 2.20 bits per heavy atom. The summed E-state index contributed by atoms with van der Waals surface area (Å²) < 4.78 is 5.71. The highest BCUT2D eigenvalue weighted by Crippen LogP contribution is 2.49. The van der Waals surface area contributed by atoms with E-state index >= 15 is 0 Å². The van der Waals surface area contributed by atoms with Crippen molar-refractivity contribution in [3.63, 3.8) is 0 Å². The fourth-order valence-electron chi connectivity index (χ4n) is 3.36. The second-order valence-corrected chi connectivity index (χ2v) is 6.56. The maximum Gasteiger partial charge on any atom is 0.120 e. The maximum atomic E-state index is 10.8. The molecule has 3 unspecified atom stereocenters. The SMILES string of the molecule is CC1CCC(CN)(C(O)c2cccc(OC(C)C)c2)C1. The van der Waals surface area contributed by atoms with Crippen LogP contribution < -0.4 is 10.5 Å². The summed E-state index contributed by atoms with van der Waals surface area (Å²) in [6.45, 7) is 6.78. The van der Waals surface area contributed by atoms with Crippen LogP contribution in [0.3, 0.4) is 0 Å². The van der Waals surface area contributed by atoms with Gasteiger partial charge >= 0.3 is 0 Å². The molecule has 3 N–H and O–H groups in total. The molecule has 0 spiro atoms. The van der Waals surface area contributed by atoms with Crippen molar-refractivity contribution in [2.75, 3.05) is 6.54 Å². The predicted octanol–water partition coefficient (Wildman–Crippen LogP) is 3.27. The van der Waals surface area contributed by atoms with E-state index < -0.39 is 6.10 Å². The van der Waals surface area contributed by atoms with Crippen LogP contribution in [0.1, 0.15) is 51.7 Å². The lowest BCUT2D eigenvalue weighted by Crippen LogP contribution is -2.34. The summed E-state index contributed by atoms with van der Waals surface area (Å²) in [4.78, 5) is 0. The Morgan fingerprint density at radius 3 is 2.75 bits per heavy atom. The minimum Gasteiger partial charge on any atom is -0.491 e. The average Bonchev–Trinajstić information content (AvgIpc) is 2.80. The van der Waals surface area contributed by atoms with Gasteiger partial charge in [-0.3, -0.25) is 0 Å². The van der Waals surface area contributed by atoms with Crippen molar-refractivity contribution in [1.29, 1.82) is 0 Å². The summed E-state index contributed by atoms with van der Waals surface area (Å²) >= 11 is 0. The molecule has 0 aliphatic heterocycles. The molecular formula is C17H27NO2. The smallest absolute Gasteiger partial charge is 0.120 e. The molecule has 0 saturated heterocycles. The van der Waals surface area contributed by atoms with E-state index in [0.717, 1.165) is 30.6 Å². The van der Waals surface area contributed by atoms with Gasteiger partial charge in [0, 0.05) is 12.0 Å². The number of benzene rings is 1. The van der Waals surface area contributed by atoms with Gasteiger partial charge < -0.3 is 15.6 Å². The highest BCUT2D eigenvalue weighted by atomic mass is 16.5. The third-order valence-corrected chi connectivity index (χ3v) is 4.42. The molecule has 1 aliphatic carbocycles. The van der Waals surface area contributed by atoms with Gasteiger partial charge in [0.1, 0.15) is 5.75 Å². The van der Waals surface area contributed by atoms with Gasteiger partial charge in [0.15, 0.2) is 0 Å². The van der Waals surface area contributed by atoms with E-state index in [9.17, 15) is 5.11 Å². The number of ether oxygens (including phenoxy) is 1. The molecule has 0 amide bonds. The maximum absolute atomic E-state index is 10.8. The lowest BCUT2D eigenvalue weighted by Gasteiger charge is -2.33. The van der Waals surface area contributed by atoms with Crippen LogP contribution in [0.15, 0.2) is 24.3 Å². The van der Waals surface area contributed by atoms with Crippen LogP contribution in [0, 0.1) is 11.3 Å². The Bertz CT molecular complexity index is 446. The lowest BCUT2D eigenvalue weighted by molar-refractivity contribution is 0.0305. The fraction of sp³-hybridized carbons (Fsp3) is 0.647. The summed E-state index contributed by atoms with van der Waals surface area (Å²) in [5, 5.41) is 10.8. The molecule has 1 aliphatic rings. The number of aliphatic hydroxyl groups is 1. The van der Waals surface area contributed by atoms with Crippen LogP contribution in [0.5, 0.6) is 5.75 Å². The van der Waals surface area contributed by atoms with Crippen LogP contribution in [-0.4, -0.2) is 17.8 Å². The van der Waals surface area contributed by atoms with Gasteiger partial charge in [0.05, 0.1) is 12.2 Å². The van der Waals surface area contributed by atoms with Crippen LogP contribution in [0.25, 0.3) is 0 Å². The number of hydrogen-bond donors (Lipinski definition) is 2. The van der Waals surface area contributed by atoms with Crippen molar-refractivity contribution >= 4 is 0 Å². The average molecular weight is 277 g/mol. The van der Waals surface area contributed by atoms with E-state index in [1.54, 1.807) is 0 Å². The molecule has 3 heteroatoms. The van der Waals surface area contributed by atoms with Crippen LogP contribution in [-0.2, 0) is 0 Å². The van der Waals surface area contributed by atoms with Gasteiger partial charge in [-0.2, -0.15) is 0 Å². The minimum atomic E-state index is -0.506. The van der Waals surface area contributed by atoms with Gasteiger partial charge in [-0.15, -0.1) is 0 Å². The van der Waals surface area contributed by atoms with Crippen LogP contribution in [0.2, 0.25) is 0 Å². The number of rotatable bonds is 5. The second-order valence-electron chi connectivity index (χ2n) is 6.56. The molecule has 112 valence electrons. The van der Waals surface area contributed by atoms with Crippen molar-refractivity contribution in [2.45, 2.75) is 52.2 Å². The highest BCUT2D eigenvalue weighted by molar-refractivity contribution is 5.31. The first-order chi connectivity index (χ1) is 9.47. The summed E-state index contributed by atoms with van der Waals surface area (Å²) in [6, 6.07) is 7.80.